The number of hydrogen-bond acceptors (Lipinski definition) is 2. The molecule has 0 bridgehead atoms. The van der Waals surface area contributed by atoms with E-state index in [1.54, 1.807) is 0 Å². The molecule has 0 aliphatic carbocycles. The molecule has 0 aromatic heterocycles. The molecule has 0 heterocycles. The topological polar surface area (TPSA) is 49.8 Å². The molecular weight excluding hydrogens is 264 g/mol. The van der Waals surface area contributed by atoms with Gasteiger partial charge in [-0.1, -0.05) is 35.8 Å². The van der Waals surface area contributed by atoms with E-state index in [4.69, 9.17) is 11.0 Å². The van der Waals surface area contributed by atoms with E-state index < -0.39 is 0 Å². The molecule has 16 heavy (non-hydrogen) atoms. The molecule has 2 nitrogen and oxygen atoms in total. The maximum atomic E-state index is 9.15. The van der Waals surface area contributed by atoms with Crippen molar-refractivity contribution < 1.29 is 0 Å². The second kappa shape index (κ2) is 5.47. The highest BCUT2D eigenvalue weighted by Gasteiger charge is 2.23. The number of aryl methyl sites for hydroxylation is 1. The molecule has 0 aliphatic rings. The number of nitrogens with zero attached hydrogens (tertiary/aromatic N) is 1. The molecule has 2 unspecified atom stereocenters. The molecule has 0 amide bonds. The fraction of sp³-hybridized carbons (Fsp3) is 0.462. The zero-order valence-corrected chi connectivity index (χ0v) is 11.5. The molecule has 3 heteroatoms. The smallest absolute Gasteiger partial charge is 0.0679 e. The number of halogens is 1. The van der Waals surface area contributed by atoms with Crippen LogP contribution in [0.3, 0.4) is 0 Å². The maximum Gasteiger partial charge on any atom is 0.0679 e. The Labute approximate surface area is 106 Å². The molecule has 2 atom stereocenters. The lowest BCUT2D eigenvalue weighted by Gasteiger charge is -2.23. The van der Waals surface area contributed by atoms with Crippen molar-refractivity contribution in [2.75, 3.05) is 0 Å². The summed E-state index contributed by atoms with van der Waals surface area (Å²) in [6.45, 7) is 6.08. The summed E-state index contributed by atoms with van der Waals surface area (Å²) in [5, 5.41) is 9.15. The molecule has 0 aliphatic heterocycles. The number of benzene rings is 1. The minimum Gasteiger partial charge on any atom is -0.323 e. The van der Waals surface area contributed by atoms with Crippen molar-refractivity contribution in [3.63, 3.8) is 0 Å². The predicted octanol–water partition coefficient (Wildman–Crippen LogP) is 3.55. The molecule has 1 aromatic rings. The van der Waals surface area contributed by atoms with Crippen LogP contribution in [0, 0.1) is 30.1 Å². The summed E-state index contributed by atoms with van der Waals surface area (Å²) in [5.41, 5.74) is 8.36. The van der Waals surface area contributed by atoms with Crippen LogP contribution in [0.1, 0.15) is 31.0 Å². The van der Waals surface area contributed by atoms with Crippen LogP contribution in [0.2, 0.25) is 0 Å². The van der Waals surface area contributed by atoms with Crippen LogP contribution in [0.4, 0.5) is 0 Å². The van der Waals surface area contributed by atoms with Crippen molar-refractivity contribution in [3.8, 4) is 6.07 Å². The summed E-state index contributed by atoms with van der Waals surface area (Å²) in [6, 6.07) is 8.10. The molecule has 0 saturated heterocycles. The van der Waals surface area contributed by atoms with Crippen LogP contribution in [-0.2, 0) is 0 Å². The molecule has 0 fully saturated rings. The number of nitriles is 1. The van der Waals surface area contributed by atoms with Gasteiger partial charge in [-0.15, -0.1) is 0 Å². The van der Waals surface area contributed by atoms with Gasteiger partial charge in [0.15, 0.2) is 0 Å². The third kappa shape index (κ3) is 2.84. The molecule has 2 N–H and O–H groups in total. The van der Waals surface area contributed by atoms with E-state index in [0.717, 1.165) is 15.6 Å². The number of rotatable bonds is 3. The summed E-state index contributed by atoms with van der Waals surface area (Å²) in [4.78, 5) is 0. The quantitative estimate of drug-likeness (QED) is 0.921. The maximum absolute atomic E-state index is 9.15. The molecule has 86 valence electrons. The Morgan fingerprint density at radius 1 is 1.38 bits per heavy atom. The third-order valence-corrected chi connectivity index (χ3v) is 3.35. The Bertz CT molecular complexity index is 407. The van der Waals surface area contributed by atoms with Gasteiger partial charge in [0, 0.05) is 10.5 Å². The van der Waals surface area contributed by atoms with Crippen LogP contribution in [-0.4, -0.2) is 0 Å². The summed E-state index contributed by atoms with van der Waals surface area (Å²) in [5.74, 6) is 0.117. The standard InChI is InChI=1S/C13H17BrN2/c1-8(2)12(7-15)13(16)11-6-10(14)5-4-9(11)3/h4-6,8,12-13H,16H2,1-3H3. The Hall–Kier alpha value is -0.850. The largest absolute Gasteiger partial charge is 0.323 e. The highest BCUT2D eigenvalue weighted by atomic mass is 79.9. The highest BCUT2D eigenvalue weighted by Crippen LogP contribution is 2.29. The van der Waals surface area contributed by atoms with Gasteiger partial charge >= 0.3 is 0 Å². The van der Waals surface area contributed by atoms with Gasteiger partial charge in [-0.2, -0.15) is 5.26 Å². The van der Waals surface area contributed by atoms with Gasteiger partial charge < -0.3 is 5.73 Å². The van der Waals surface area contributed by atoms with Crippen LogP contribution in [0.5, 0.6) is 0 Å². The molecule has 1 aromatic carbocycles. The van der Waals surface area contributed by atoms with Gasteiger partial charge in [0.05, 0.1) is 12.0 Å². The fourth-order valence-corrected chi connectivity index (χ4v) is 2.19. The number of nitrogens with two attached hydrogens (primary N) is 1. The summed E-state index contributed by atoms with van der Waals surface area (Å²) in [6.07, 6.45) is 0. The summed E-state index contributed by atoms with van der Waals surface area (Å²) < 4.78 is 1.00. The predicted molar refractivity (Wildman–Crippen MR) is 69.7 cm³/mol. The number of hydrogen-bond donors (Lipinski definition) is 1. The molecule has 1 rings (SSSR count). The molecule has 0 spiro atoms. The first-order chi connectivity index (χ1) is 7.47. The van der Waals surface area contributed by atoms with Crippen molar-refractivity contribution >= 4 is 15.9 Å². The van der Waals surface area contributed by atoms with Crippen LogP contribution in [0.25, 0.3) is 0 Å². The van der Waals surface area contributed by atoms with E-state index in [2.05, 4.69) is 22.0 Å². The lowest BCUT2D eigenvalue weighted by atomic mass is 9.85. The Morgan fingerprint density at radius 3 is 2.50 bits per heavy atom. The monoisotopic (exact) mass is 280 g/mol. The first-order valence-corrected chi connectivity index (χ1v) is 6.18. The lowest BCUT2D eigenvalue weighted by Crippen LogP contribution is -2.25. The summed E-state index contributed by atoms with van der Waals surface area (Å²) >= 11 is 3.43. The SMILES string of the molecule is Cc1ccc(Br)cc1C(N)C(C#N)C(C)C. The highest BCUT2D eigenvalue weighted by molar-refractivity contribution is 9.10. The minimum atomic E-state index is -0.220. The minimum absolute atomic E-state index is 0.145. The van der Waals surface area contributed by atoms with Gasteiger partial charge in [-0.3, -0.25) is 0 Å². The lowest BCUT2D eigenvalue weighted by molar-refractivity contribution is 0.402. The first kappa shape index (κ1) is 13.2. The Balaban J connectivity index is 3.08. The van der Waals surface area contributed by atoms with E-state index in [1.807, 2.05) is 39.0 Å². The second-order valence-electron chi connectivity index (χ2n) is 4.43. The van der Waals surface area contributed by atoms with Crippen molar-refractivity contribution in [3.05, 3.63) is 33.8 Å². The second-order valence-corrected chi connectivity index (χ2v) is 5.34. The average Bonchev–Trinajstić information content (AvgIpc) is 2.22. The zero-order valence-electron chi connectivity index (χ0n) is 9.87. The van der Waals surface area contributed by atoms with Gasteiger partial charge in [0.1, 0.15) is 0 Å². The van der Waals surface area contributed by atoms with E-state index >= 15 is 0 Å². The van der Waals surface area contributed by atoms with Crippen LogP contribution >= 0.6 is 15.9 Å². The first-order valence-electron chi connectivity index (χ1n) is 5.38. The van der Waals surface area contributed by atoms with Crippen molar-refractivity contribution in [1.82, 2.24) is 0 Å². The summed E-state index contributed by atoms with van der Waals surface area (Å²) in [7, 11) is 0. The van der Waals surface area contributed by atoms with Gasteiger partial charge in [0.2, 0.25) is 0 Å². The van der Waals surface area contributed by atoms with E-state index in [-0.39, 0.29) is 17.9 Å². The molecule has 0 saturated carbocycles. The van der Waals surface area contributed by atoms with Crippen molar-refractivity contribution in [1.29, 1.82) is 5.26 Å². The Morgan fingerprint density at radius 2 is 2.00 bits per heavy atom. The van der Waals surface area contributed by atoms with Gasteiger partial charge in [-0.25, -0.2) is 0 Å². The van der Waals surface area contributed by atoms with E-state index in [0.29, 0.717) is 0 Å². The van der Waals surface area contributed by atoms with Crippen molar-refractivity contribution in [2.45, 2.75) is 26.8 Å². The third-order valence-electron chi connectivity index (χ3n) is 2.85. The van der Waals surface area contributed by atoms with E-state index in [9.17, 15) is 0 Å². The zero-order chi connectivity index (χ0) is 12.3. The van der Waals surface area contributed by atoms with Crippen LogP contribution < -0.4 is 5.73 Å². The normalized spacial score (nSPS) is 14.6. The fourth-order valence-electron chi connectivity index (χ4n) is 1.81. The van der Waals surface area contributed by atoms with E-state index in [1.165, 1.54) is 0 Å². The Kier molecular flexibility index (Phi) is 4.52. The van der Waals surface area contributed by atoms with Crippen molar-refractivity contribution in [2.24, 2.45) is 17.6 Å². The average molecular weight is 281 g/mol. The molecule has 0 radical (unpaired) electrons. The van der Waals surface area contributed by atoms with Crippen LogP contribution in [0.15, 0.2) is 22.7 Å². The molecular formula is C13H17BrN2. The van der Waals surface area contributed by atoms with Gasteiger partial charge in [0.25, 0.3) is 0 Å². The van der Waals surface area contributed by atoms with Gasteiger partial charge in [-0.05, 0) is 36.1 Å².